The highest BCUT2D eigenvalue weighted by Gasteiger charge is 2.19. The summed E-state index contributed by atoms with van der Waals surface area (Å²) in [6, 6.07) is 6.56. The molecule has 1 aromatic carbocycles. The molecular weight excluding hydrogens is 437 g/mol. The fourth-order valence-electron chi connectivity index (χ4n) is 2.05. The van der Waals surface area contributed by atoms with E-state index in [0.717, 1.165) is 15.8 Å². The third kappa shape index (κ3) is 3.32. The molecule has 0 aliphatic heterocycles. The van der Waals surface area contributed by atoms with Crippen LogP contribution in [0.3, 0.4) is 0 Å². The Morgan fingerprint density at radius 3 is 2.63 bits per heavy atom. The molecule has 2 rings (SSSR count). The third-order valence-electron chi connectivity index (χ3n) is 3.03. The second-order valence-corrected chi connectivity index (χ2v) is 7.91. The Morgan fingerprint density at radius 2 is 2.11 bits per heavy atom. The predicted octanol–water partition coefficient (Wildman–Crippen LogP) is 4.74. The van der Waals surface area contributed by atoms with Crippen LogP contribution in [0.15, 0.2) is 28.1 Å². The second-order valence-electron chi connectivity index (χ2n) is 4.25. The summed E-state index contributed by atoms with van der Waals surface area (Å²) < 4.78 is 7.93. The maximum absolute atomic E-state index is 5.53. The lowest BCUT2D eigenvalue weighted by Gasteiger charge is -2.20. The molecule has 0 fully saturated rings. The number of hydrogen-bond acceptors (Lipinski definition) is 3. The predicted molar refractivity (Wildman–Crippen MR) is 93.4 cm³/mol. The SMILES string of the molecule is CNC(c1csc(I)c1)c1cc(Br)c(C)cc1OC. The lowest BCUT2D eigenvalue weighted by molar-refractivity contribution is 0.405. The van der Waals surface area contributed by atoms with E-state index < -0.39 is 0 Å². The maximum atomic E-state index is 5.53. The van der Waals surface area contributed by atoms with Gasteiger partial charge in [0.2, 0.25) is 0 Å². The number of ether oxygens (including phenoxy) is 1. The normalized spacial score (nSPS) is 12.5. The van der Waals surface area contributed by atoms with Crippen molar-refractivity contribution in [3.63, 3.8) is 0 Å². The number of methoxy groups -OCH3 is 1. The Labute approximate surface area is 139 Å². The van der Waals surface area contributed by atoms with Crippen molar-refractivity contribution < 1.29 is 4.74 Å². The minimum atomic E-state index is 0.145. The summed E-state index contributed by atoms with van der Waals surface area (Å²) >= 11 is 7.71. The first-order valence-corrected chi connectivity index (χ1v) is 8.57. The highest BCUT2D eigenvalue weighted by Crippen LogP contribution is 2.35. The molecule has 2 aromatic rings. The van der Waals surface area contributed by atoms with Gasteiger partial charge in [-0.15, -0.1) is 11.3 Å². The van der Waals surface area contributed by atoms with E-state index in [1.165, 1.54) is 14.0 Å². The summed E-state index contributed by atoms with van der Waals surface area (Å²) in [6.07, 6.45) is 0. The van der Waals surface area contributed by atoms with Crippen molar-refractivity contribution in [2.24, 2.45) is 0 Å². The Hall–Kier alpha value is -0.110. The first-order chi connectivity index (χ1) is 9.06. The smallest absolute Gasteiger partial charge is 0.124 e. The Morgan fingerprint density at radius 1 is 1.37 bits per heavy atom. The Kier molecular flexibility index (Phi) is 5.28. The molecule has 1 atom stereocenters. The number of aryl methyl sites for hydroxylation is 1. The topological polar surface area (TPSA) is 21.3 Å². The molecule has 2 nitrogen and oxygen atoms in total. The molecule has 102 valence electrons. The zero-order chi connectivity index (χ0) is 14.0. The van der Waals surface area contributed by atoms with Gasteiger partial charge in [-0.05, 0) is 71.3 Å². The second kappa shape index (κ2) is 6.56. The number of halogens is 2. The van der Waals surface area contributed by atoms with Crippen molar-refractivity contribution in [3.05, 3.63) is 47.6 Å². The van der Waals surface area contributed by atoms with Gasteiger partial charge in [0.05, 0.1) is 16.0 Å². The molecule has 1 heterocycles. The molecule has 19 heavy (non-hydrogen) atoms. The lowest BCUT2D eigenvalue weighted by Crippen LogP contribution is -2.18. The van der Waals surface area contributed by atoms with Crippen molar-refractivity contribution in [1.29, 1.82) is 0 Å². The van der Waals surface area contributed by atoms with Crippen LogP contribution >= 0.6 is 49.9 Å². The summed E-state index contributed by atoms with van der Waals surface area (Å²) in [5.41, 5.74) is 3.60. The average molecular weight is 452 g/mol. The van der Waals surface area contributed by atoms with Crippen LogP contribution in [0.25, 0.3) is 0 Å². The number of nitrogens with one attached hydrogen (secondary N) is 1. The van der Waals surface area contributed by atoms with Crippen molar-refractivity contribution in [2.75, 3.05) is 14.2 Å². The zero-order valence-electron chi connectivity index (χ0n) is 11.0. The summed E-state index contributed by atoms with van der Waals surface area (Å²) in [5.74, 6) is 0.918. The van der Waals surface area contributed by atoms with Gasteiger partial charge in [-0.1, -0.05) is 15.9 Å². The third-order valence-corrected chi connectivity index (χ3v) is 5.69. The van der Waals surface area contributed by atoms with Gasteiger partial charge in [0.1, 0.15) is 5.75 Å². The van der Waals surface area contributed by atoms with E-state index >= 15 is 0 Å². The molecule has 0 bridgehead atoms. The molecular formula is C14H15BrINOS. The van der Waals surface area contributed by atoms with Crippen LogP contribution in [0.5, 0.6) is 5.75 Å². The molecule has 0 aliphatic rings. The molecule has 1 unspecified atom stereocenters. The molecule has 0 saturated heterocycles. The van der Waals surface area contributed by atoms with E-state index in [1.54, 1.807) is 18.4 Å². The van der Waals surface area contributed by atoms with Gasteiger partial charge >= 0.3 is 0 Å². The fraction of sp³-hybridized carbons (Fsp3) is 0.286. The first kappa shape index (κ1) is 15.3. The maximum Gasteiger partial charge on any atom is 0.124 e. The molecule has 0 aliphatic carbocycles. The van der Waals surface area contributed by atoms with Gasteiger partial charge in [0.15, 0.2) is 0 Å². The molecule has 0 spiro atoms. The Balaban J connectivity index is 2.51. The molecule has 0 radical (unpaired) electrons. The summed E-state index contributed by atoms with van der Waals surface area (Å²) in [6.45, 7) is 2.07. The van der Waals surface area contributed by atoms with Crippen molar-refractivity contribution in [2.45, 2.75) is 13.0 Å². The summed E-state index contributed by atoms with van der Waals surface area (Å²) in [4.78, 5) is 0. The average Bonchev–Trinajstić information content (AvgIpc) is 2.81. The molecule has 1 aromatic heterocycles. The Bertz CT molecular complexity index is 585. The van der Waals surface area contributed by atoms with Gasteiger partial charge < -0.3 is 10.1 Å². The van der Waals surface area contributed by atoms with Crippen LogP contribution in [0.4, 0.5) is 0 Å². The van der Waals surface area contributed by atoms with Crippen molar-refractivity contribution in [1.82, 2.24) is 5.32 Å². The van der Waals surface area contributed by atoms with E-state index in [1.807, 2.05) is 7.05 Å². The van der Waals surface area contributed by atoms with Crippen LogP contribution in [0.1, 0.15) is 22.7 Å². The minimum absolute atomic E-state index is 0.145. The molecule has 0 amide bonds. The van der Waals surface area contributed by atoms with E-state index in [4.69, 9.17) is 4.74 Å². The van der Waals surface area contributed by atoms with Crippen molar-refractivity contribution >= 4 is 49.9 Å². The molecule has 5 heteroatoms. The van der Waals surface area contributed by atoms with Gasteiger partial charge in [-0.25, -0.2) is 0 Å². The number of hydrogen-bond donors (Lipinski definition) is 1. The number of benzene rings is 1. The van der Waals surface area contributed by atoms with Gasteiger partial charge in [-0.3, -0.25) is 0 Å². The van der Waals surface area contributed by atoms with E-state index in [2.05, 4.69) is 74.3 Å². The van der Waals surface area contributed by atoms with Crippen LogP contribution in [0.2, 0.25) is 0 Å². The number of rotatable bonds is 4. The summed E-state index contributed by atoms with van der Waals surface area (Å²) in [5, 5.41) is 5.56. The largest absolute Gasteiger partial charge is 0.496 e. The fourth-order valence-corrected chi connectivity index (χ4v) is 3.81. The highest BCUT2D eigenvalue weighted by molar-refractivity contribution is 14.1. The first-order valence-electron chi connectivity index (χ1n) is 5.82. The summed E-state index contributed by atoms with van der Waals surface area (Å²) in [7, 11) is 3.69. The van der Waals surface area contributed by atoms with Gasteiger partial charge in [0.25, 0.3) is 0 Å². The molecule has 0 saturated carbocycles. The van der Waals surface area contributed by atoms with Crippen molar-refractivity contribution in [3.8, 4) is 5.75 Å². The van der Waals surface area contributed by atoms with Crippen LogP contribution in [-0.2, 0) is 0 Å². The van der Waals surface area contributed by atoms with Gasteiger partial charge in [-0.2, -0.15) is 0 Å². The molecule has 1 N–H and O–H groups in total. The van der Waals surface area contributed by atoms with E-state index in [-0.39, 0.29) is 6.04 Å². The van der Waals surface area contributed by atoms with Crippen LogP contribution in [0, 0.1) is 9.81 Å². The van der Waals surface area contributed by atoms with E-state index in [0.29, 0.717) is 0 Å². The standard InChI is InChI=1S/C14H15BrINOS/c1-8-4-12(18-3)10(6-11(8)15)14(17-2)9-5-13(16)19-7-9/h4-7,14,17H,1-3H3. The number of thiophene rings is 1. The quantitative estimate of drug-likeness (QED) is 0.677. The van der Waals surface area contributed by atoms with Gasteiger partial charge in [0, 0.05) is 10.0 Å². The monoisotopic (exact) mass is 451 g/mol. The highest BCUT2D eigenvalue weighted by atomic mass is 127. The zero-order valence-corrected chi connectivity index (χ0v) is 15.5. The van der Waals surface area contributed by atoms with E-state index in [9.17, 15) is 0 Å². The minimum Gasteiger partial charge on any atom is -0.496 e. The van der Waals surface area contributed by atoms with Crippen LogP contribution in [-0.4, -0.2) is 14.2 Å². The lowest BCUT2D eigenvalue weighted by atomic mass is 9.99. The van der Waals surface area contributed by atoms with Crippen LogP contribution < -0.4 is 10.1 Å².